The lowest BCUT2D eigenvalue weighted by Crippen LogP contribution is -2.34. The van der Waals surface area contributed by atoms with Crippen LogP contribution in [0.15, 0.2) is 48.5 Å². The topological polar surface area (TPSA) is 21.3 Å². The van der Waals surface area contributed by atoms with Crippen LogP contribution in [0.25, 0.3) is 0 Å². The zero-order valence-corrected chi connectivity index (χ0v) is 11.3. The molecule has 1 atom stereocenters. The van der Waals surface area contributed by atoms with Crippen molar-refractivity contribution in [3.05, 3.63) is 65.7 Å². The maximum absolute atomic E-state index is 13.6. The minimum Gasteiger partial charge on any atom is -0.492 e. The van der Waals surface area contributed by atoms with Gasteiger partial charge in [-0.3, -0.25) is 0 Å². The predicted octanol–water partition coefficient (Wildman–Crippen LogP) is 3.17. The molecule has 1 N–H and O–H groups in total. The number of nitrogens with one attached hydrogen (secondary N) is 1. The first-order valence-electron chi connectivity index (χ1n) is 6.48. The van der Waals surface area contributed by atoms with E-state index in [-0.39, 0.29) is 6.04 Å². The first-order valence-corrected chi connectivity index (χ1v) is 6.48. The molecule has 2 nitrogen and oxygen atoms in total. The molecule has 0 saturated heterocycles. The zero-order valence-electron chi connectivity index (χ0n) is 11.3. The summed E-state index contributed by atoms with van der Waals surface area (Å²) in [4.78, 5) is 0. The van der Waals surface area contributed by atoms with Gasteiger partial charge in [0, 0.05) is 6.04 Å². The molecule has 0 aliphatic rings. The van der Waals surface area contributed by atoms with Gasteiger partial charge in [0.25, 0.3) is 0 Å². The second-order valence-corrected chi connectivity index (χ2v) is 4.55. The number of benzene rings is 2. The summed E-state index contributed by atoms with van der Waals surface area (Å²) in [7, 11) is 1.77. The van der Waals surface area contributed by atoms with Gasteiger partial charge in [0.15, 0.2) is 0 Å². The van der Waals surface area contributed by atoms with E-state index in [2.05, 4.69) is 5.32 Å². The Kier molecular flexibility index (Phi) is 5.07. The number of halogens is 2. The van der Waals surface area contributed by atoms with Gasteiger partial charge in [-0.2, -0.15) is 0 Å². The van der Waals surface area contributed by atoms with Crippen LogP contribution in [0.3, 0.4) is 0 Å². The van der Waals surface area contributed by atoms with Crippen LogP contribution in [0.4, 0.5) is 8.78 Å². The standard InChI is InChI=1S/C16H17F2NO/c1-19-14(11-20-15-5-3-2-4-6-15)10-12-9-13(17)7-8-16(12)18/h2-9,14,19H,10-11H2,1H3. The Morgan fingerprint density at radius 1 is 1.10 bits per heavy atom. The van der Waals surface area contributed by atoms with Gasteiger partial charge in [0.2, 0.25) is 0 Å². The van der Waals surface area contributed by atoms with Gasteiger partial charge in [-0.05, 0) is 49.4 Å². The molecule has 0 bridgehead atoms. The summed E-state index contributed by atoms with van der Waals surface area (Å²) in [6.07, 6.45) is 0.368. The first-order chi connectivity index (χ1) is 9.69. The molecule has 0 heterocycles. The Hall–Kier alpha value is -1.94. The Morgan fingerprint density at radius 3 is 2.55 bits per heavy atom. The highest BCUT2D eigenvalue weighted by Crippen LogP contribution is 2.13. The monoisotopic (exact) mass is 277 g/mol. The van der Waals surface area contributed by atoms with Crippen LogP contribution in [0.1, 0.15) is 5.56 Å². The number of para-hydroxylation sites is 1. The number of rotatable bonds is 6. The van der Waals surface area contributed by atoms with Crippen molar-refractivity contribution in [1.29, 1.82) is 0 Å². The molecule has 0 aliphatic heterocycles. The van der Waals surface area contributed by atoms with Crippen LogP contribution in [-0.4, -0.2) is 19.7 Å². The number of ether oxygens (including phenoxy) is 1. The highest BCUT2D eigenvalue weighted by atomic mass is 19.1. The van der Waals surface area contributed by atoms with Crippen LogP contribution in [0, 0.1) is 11.6 Å². The van der Waals surface area contributed by atoms with Crippen molar-refractivity contribution in [2.24, 2.45) is 0 Å². The molecule has 0 saturated carbocycles. The van der Waals surface area contributed by atoms with E-state index in [0.29, 0.717) is 18.6 Å². The third kappa shape index (κ3) is 4.03. The molecule has 0 amide bonds. The SMILES string of the molecule is CNC(COc1ccccc1)Cc1cc(F)ccc1F. The molecule has 106 valence electrons. The van der Waals surface area contributed by atoms with E-state index >= 15 is 0 Å². The van der Waals surface area contributed by atoms with Crippen molar-refractivity contribution in [1.82, 2.24) is 5.32 Å². The van der Waals surface area contributed by atoms with Crippen molar-refractivity contribution in [3.63, 3.8) is 0 Å². The van der Waals surface area contributed by atoms with E-state index in [1.54, 1.807) is 7.05 Å². The minimum atomic E-state index is -0.430. The predicted molar refractivity (Wildman–Crippen MR) is 74.8 cm³/mol. The third-order valence-corrected chi connectivity index (χ3v) is 3.08. The van der Waals surface area contributed by atoms with Crippen molar-refractivity contribution >= 4 is 0 Å². The normalized spacial score (nSPS) is 12.2. The summed E-state index contributed by atoms with van der Waals surface area (Å²) in [5.74, 6) is -0.0703. The summed E-state index contributed by atoms with van der Waals surface area (Å²) >= 11 is 0. The summed E-state index contributed by atoms with van der Waals surface area (Å²) in [6, 6.07) is 12.8. The Bertz CT molecular complexity index is 545. The summed E-state index contributed by atoms with van der Waals surface area (Å²) in [5.41, 5.74) is 0.348. The smallest absolute Gasteiger partial charge is 0.126 e. The van der Waals surface area contributed by atoms with E-state index in [1.165, 1.54) is 6.07 Å². The number of hydrogen-bond donors (Lipinski definition) is 1. The zero-order chi connectivity index (χ0) is 14.4. The average molecular weight is 277 g/mol. The van der Waals surface area contributed by atoms with E-state index < -0.39 is 11.6 Å². The fraction of sp³-hybridized carbons (Fsp3) is 0.250. The van der Waals surface area contributed by atoms with Crippen molar-refractivity contribution in [3.8, 4) is 5.75 Å². The minimum absolute atomic E-state index is 0.0912. The van der Waals surface area contributed by atoms with E-state index in [1.807, 2.05) is 30.3 Å². The summed E-state index contributed by atoms with van der Waals surface area (Å²) in [6.45, 7) is 0.385. The highest BCUT2D eigenvalue weighted by Gasteiger charge is 2.12. The average Bonchev–Trinajstić information content (AvgIpc) is 2.48. The molecule has 20 heavy (non-hydrogen) atoms. The van der Waals surface area contributed by atoms with E-state index in [9.17, 15) is 8.78 Å². The molecular formula is C16H17F2NO. The molecule has 0 fully saturated rings. The Balaban J connectivity index is 1.97. The Morgan fingerprint density at radius 2 is 1.85 bits per heavy atom. The van der Waals surface area contributed by atoms with Gasteiger partial charge >= 0.3 is 0 Å². The number of hydrogen-bond acceptors (Lipinski definition) is 2. The molecule has 4 heteroatoms. The van der Waals surface area contributed by atoms with Gasteiger partial charge < -0.3 is 10.1 Å². The molecule has 2 aromatic rings. The van der Waals surface area contributed by atoms with Crippen molar-refractivity contribution in [2.45, 2.75) is 12.5 Å². The second kappa shape index (κ2) is 7.01. The third-order valence-electron chi connectivity index (χ3n) is 3.08. The van der Waals surface area contributed by atoms with Crippen LogP contribution in [0.2, 0.25) is 0 Å². The lowest BCUT2D eigenvalue weighted by Gasteiger charge is -2.17. The fourth-order valence-corrected chi connectivity index (χ4v) is 1.92. The molecule has 0 spiro atoms. The maximum atomic E-state index is 13.6. The fourth-order valence-electron chi connectivity index (χ4n) is 1.92. The number of likely N-dealkylation sites (N-methyl/N-ethyl adjacent to an activating group) is 1. The lowest BCUT2D eigenvalue weighted by atomic mass is 10.1. The van der Waals surface area contributed by atoms with Crippen LogP contribution in [0.5, 0.6) is 5.75 Å². The van der Waals surface area contributed by atoms with Gasteiger partial charge in [0.1, 0.15) is 24.0 Å². The second-order valence-electron chi connectivity index (χ2n) is 4.55. The molecular weight excluding hydrogens is 260 g/mol. The van der Waals surface area contributed by atoms with E-state index in [0.717, 1.165) is 17.9 Å². The van der Waals surface area contributed by atoms with Crippen molar-refractivity contribution in [2.75, 3.05) is 13.7 Å². The Labute approximate surface area is 117 Å². The quantitative estimate of drug-likeness (QED) is 0.875. The lowest BCUT2D eigenvalue weighted by molar-refractivity contribution is 0.268. The van der Waals surface area contributed by atoms with Crippen molar-refractivity contribution < 1.29 is 13.5 Å². The molecule has 0 aliphatic carbocycles. The highest BCUT2D eigenvalue weighted by molar-refractivity contribution is 5.22. The molecule has 2 aromatic carbocycles. The molecule has 2 rings (SSSR count). The summed E-state index contributed by atoms with van der Waals surface area (Å²) < 4.78 is 32.4. The maximum Gasteiger partial charge on any atom is 0.126 e. The largest absolute Gasteiger partial charge is 0.492 e. The van der Waals surface area contributed by atoms with Gasteiger partial charge in [0.05, 0.1) is 0 Å². The van der Waals surface area contributed by atoms with Crippen LogP contribution >= 0.6 is 0 Å². The molecule has 0 radical (unpaired) electrons. The molecule has 0 aromatic heterocycles. The van der Waals surface area contributed by atoms with Crippen LogP contribution in [-0.2, 0) is 6.42 Å². The van der Waals surface area contributed by atoms with Gasteiger partial charge in [-0.25, -0.2) is 8.78 Å². The van der Waals surface area contributed by atoms with Gasteiger partial charge in [-0.1, -0.05) is 18.2 Å². The van der Waals surface area contributed by atoms with Crippen LogP contribution < -0.4 is 10.1 Å². The van der Waals surface area contributed by atoms with Gasteiger partial charge in [-0.15, -0.1) is 0 Å². The first kappa shape index (κ1) is 14.5. The summed E-state index contributed by atoms with van der Waals surface area (Å²) in [5, 5.41) is 3.05. The van der Waals surface area contributed by atoms with E-state index in [4.69, 9.17) is 4.74 Å². The molecule has 1 unspecified atom stereocenters.